The standard InChI is InChI=1S/C14H18N2O4/c1-2-19-14(18)16-11-7-5-10(6-8-11)15-13(17)12-4-3-9-20-12/h5-8,12H,2-4,9H2,1H3,(H,15,17)(H,16,18). The van der Waals surface area contributed by atoms with Gasteiger partial charge in [0.05, 0.1) is 6.61 Å². The number of carbonyl (C=O) groups is 2. The summed E-state index contributed by atoms with van der Waals surface area (Å²) < 4.78 is 10.1. The third kappa shape index (κ3) is 3.96. The molecule has 6 heteroatoms. The molecule has 0 radical (unpaired) electrons. The van der Waals surface area contributed by atoms with Gasteiger partial charge in [-0.15, -0.1) is 0 Å². The molecular weight excluding hydrogens is 260 g/mol. The summed E-state index contributed by atoms with van der Waals surface area (Å²) in [6, 6.07) is 6.83. The predicted molar refractivity (Wildman–Crippen MR) is 74.7 cm³/mol. The fourth-order valence-corrected chi connectivity index (χ4v) is 1.93. The molecule has 1 fully saturated rings. The highest BCUT2D eigenvalue weighted by atomic mass is 16.5. The van der Waals surface area contributed by atoms with Gasteiger partial charge in [-0.2, -0.15) is 0 Å². The zero-order valence-corrected chi connectivity index (χ0v) is 11.3. The molecule has 2 N–H and O–H groups in total. The quantitative estimate of drug-likeness (QED) is 0.886. The predicted octanol–water partition coefficient (Wildman–Crippen LogP) is 2.37. The van der Waals surface area contributed by atoms with Gasteiger partial charge in [-0.05, 0) is 44.0 Å². The minimum absolute atomic E-state index is 0.131. The first-order chi connectivity index (χ1) is 9.69. The van der Waals surface area contributed by atoms with Crippen molar-refractivity contribution in [2.24, 2.45) is 0 Å². The topological polar surface area (TPSA) is 76.7 Å². The Labute approximate surface area is 117 Å². The molecule has 1 unspecified atom stereocenters. The SMILES string of the molecule is CCOC(=O)Nc1ccc(NC(=O)C2CCCO2)cc1. The van der Waals surface area contributed by atoms with E-state index in [1.165, 1.54) is 0 Å². The zero-order chi connectivity index (χ0) is 14.4. The van der Waals surface area contributed by atoms with Gasteiger partial charge in [-0.25, -0.2) is 4.79 Å². The molecule has 1 saturated heterocycles. The Morgan fingerprint density at radius 2 is 1.90 bits per heavy atom. The highest BCUT2D eigenvalue weighted by molar-refractivity contribution is 5.94. The van der Waals surface area contributed by atoms with E-state index in [9.17, 15) is 9.59 Å². The van der Waals surface area contributed by atoms with E-state index >= 15 is 0 Å². The van der Waals surface area contributed by atoms with Crippen molar-refractivity contribution in [2.45, 2.75) is 25.9 Å². The summed E-state index contributed by atoms with van der Waals surface area (Å²) in [6.07, 6.45) is 0.824. The molecule has 1 aromatic rings. The van der Waals surface area contributed by atoms with Crippen molar-refractivity contribution in [3.05, 3.63) is 24.3 Å². The third-order valence-corrected chi connectivity index (χ3v) is 2.90. The van der Waals surface area contributed by atoms with E-state index in [-0.39, 0.29) is 12.0 Å². The maximum Gasteiger partial charge on any atom is 0.411 e. The number of hydrogen-bond acceptors (Lipinski definition) is 4. The van der Waals surface area contributed by atoms with Crippen LogP contribution >= 0.6 is 0 Å². The molecular formula is C14H18N2O4. The Hall–Kier alpha value is -2.08. The van der Waals surface area contributed by atoms with Crippen LogP contribution in [0.2, 0.25) is 0 Å². The average molecular weight is 278 g/mol. The number of nitrogens with one attached hydrogen (secondary N) is 2. The van der Waals surface area contributed by atoms with Crippen LogP contribution in [0.15, 0.2) is 24.3 Å². The molecule has 1 aliphatic rings. The molecule has 0 spiro atoms. The smallest absolute Gasteiger partial charge is 0.411 e. The number of rotatable bonds is 4. The summed E-state index contributed by atoms with van der Waals surface area (Å²) >= 11 is 0. The molecule has 1 aromatic carbocycles. The number of benzene rings is 1. The van der Waals surface area contributed by atoms with E-state index in [2.05, 4.69) is 10.6 Å². The van der Waals surface area contributed by atoms with Gasteiger partial charge >= 0.3 is 6.09 Å². The lowest BCUT2D eigenvalue weighted by molar-refractivity contribution is -0.124. The van der Waals surface area contributed by atoms with E-state index < -0.39 is 6.09 Å². The number of carbonyl (C=O) groups excluding carboxylic acids is 2. The molecule has 2 amide bonds. The van der Waals surface area contributed by atoms with Gasteiger partial charge < -0.3 is 14.8 Å². The summed E-state index contributed by atoms with van der Waals surface area (Å²) in [5, 5.41) is 5.36. The van der Waals surface area contributed by atoms with Crippen LogP contribution in [0.25, 0.3) is 0 Å². The maximum atomic E-state index is 11.8. The molecule has 0 saturated carbocycles. The number of anilines is 2. The van der Waals surface area contributed by atoms with Crippen LogP contribution in [-0.4, -0.2) is 31.3 Å². The molecule has 20 heavy (non-hydrogen) atoms. The van der Waals surface area contributed by atoms with E-state index in [0.717, 1.165) is 12.8 Å². The average Bonchev–Trinajstić information content (AvgIpc) is 2.95. The van der Waals surface area contributed by atoms with Crippen molar-refractivity contribution >= 4 is 23.4 Å². The van der Waals surface area contributed by atoms with E-state index in [1.807, 2.05) is 0 Å². The lowest BCUT2D eigenvalue weighted by atomic mass is 10.2. The van der Waals surface area contributed by atoms with Gasteiger partial charge in [0, 0.05) is 18.0 Å². The number of amides is 2. The molecule has 0 aliphatic carbocycles. The fourth-order valence-electron chi connectivity index (χ4n) is 1.93. The lowest BCUT2D eigenvalue weighted by Crippen LogP contribution is -2.26. The Bertz CT molecular complexity index is 467. The highest BCUT2D eigenvalue weighted by Crippen LogP contribution is 2.17. The summed E-state index contributed by atoms with van der Waals surface area (Å²) in [5.41, 5.74) is 1.28. The Morgan fingerprint density at radius 3 is 2.45 bits per heavy atom. The molecule has 1 heterocycles. The first-order valence-electron chi connectivity index (χ1n) is 6.65. The highest BCUT2D eigenvalue weighted by Gasteiger charge is 2.23. The molecule has 0 aromatic heterocycles. The van der Waals surface area contributed by atoms with Crippen molar-refractivity contribution in [3.8, 4) is 0 Å². The first kappa shape index (κ1) is 14.3. The van der Waals surface area contributed by atoms with Crippen LogP contribution in [0.4, 0.5) is 16.2 Å². The lowest BCUT2D eigenvalue weighted by Gasteiger charge is -2.11. The minimum atomic E-state index is -0.497. The minimum Gasteiger partial charge on any atom is -0.450 e. The summed E-state index contributed by atoms with van der Waals surface area (Å²) in [6.45, 7) is 2.70. The van der Waals surface area contributed by atoms with Gasteiger partial charge in [0.2, 0.25) is 0 Å². The van der Waals surface area contributed by atoms with Crippen LogP contribution < -0.4 is 10.6 Å². The molecule has 1 atom stereocenters. The summed E-state index contributed by atoms with van der Waals surface area (Å²) in [4.78, 5) is 23.1. The summed E-state index contributed by atoms with van der Waals surface area (Å²) in [5.74, 6) is -0.131. The van der Waals surface area contributed by atoms with Crippen molar-refractivity contribution in [2.75, 3.05) is 23.8 Å². The van der Waals surface area contributed by atoms with Gasteiger partial charge in [0.1, 0.15) is 6.10 Å². The first-order valence-corrected chi connectivity index (χ1v) is 6.65. The fraction of sp³-hybridized carbons (Fsp3) is 0.429. The second-order valence-corrected chi connectivity index (χ2v) is 4.41. The Morgan fingerprint density at radius 1 is 1.25 bits per heavy atom. The van der Waals surface area contributed by atoms with Gasteiger partial charge in [0.25, 0.3) is 5.91 Å². The van der Waals surface area contributed by atoms with Crippen molar-refractivity contribution in [1.29, 1.82) is 0 Å². The molecule has 2 rings (SSSR count). The number of ether oxygens (including phenoxy) is 2. The van der Waals surface area contributed by atoms with Crippen molar-refractivity contribution in [1.82, 2.24) is 0 Å². The van der Waals surface area contributed by atoms with E-state index in [0.29, 0.717) is 24.6 Å². The molecule has 1 aliphatic heterocycles. The van der Waals surface area contributed by atoms with Crippen LogP contribution in [-0.2, 0) is 14.3 Å². The van der Waals surface area contributed by atoms with Crippen LogP contribution in [0.5, 0.6) is 0 Å². The van der Waals surface area contributed by atoms with Crippen LogP contribution in [0.3, 0.4) is 0 Å². The third-order valence-electron chi connectivity index (χ3n) is 2.90. The van der Waals surface area contributed by atoms with Gasteiger partial charge in [-0.1, -0.05) is 0 Å². The van der Waals surface area contributed by atoms with Crippen molar-refractivity contribution < 1.29 is 19.1 Å². The van der Waals surface area contributed by atoms with E-state index in [1.54, 1.807) is 31.2 Å². The summed E-state index contributed by atoms with van der Waals surface area (Å²) in [7, 11) is 0. The monoisotopic (exact) mass is 278 g/mol. The zero-order valence-electron chi connectivity index (χ0n) is 11.3. The van der Waals surface area contributed by atoms with Gasteiger partial charge in [-0.3, -0.25) is 10.1 Å². The second-order valence-electron chi connectivity index (χ2n) is 4.41. The number of hydrogen-bond donors (Lipinski definition) is 2. The van der Waals surface area contributed by atoms with Gasteiger partial charge in [0.15, 0.2) is 0 Å². The Balaban J connectivity index is 1.87. The largest absolute Gasteiger partial charge is 0.450 e. The Kier molecular flexibility index (Phi) is 4.95. The van der Waals surface area contributed by atoms with E-state index in [4.69, 9.17) is 9.47 Å². The molecule has 6 nitrogen and oxygen atoms in total. The maximum absolute atomic E-state index is 11.8. The second kappa shape index (κ2) is 6.91. The molecule has 0 bridgehead atoms. The van der Waals surface area contributed by atoms with Crippen molar-refractivity contribution in [3.63, 3.8) is 0 Å². The normalized spacial score (nSPS) is 17.6. The van der Waals surface area contributed by atoms with Crippen LogP contribution in [0.1, 0.15) is 19.8 Å². The van der Waals surface area contributed by atoms with Crippen LogP contribution in [0, 0.1) is 0 Å². The molecule has 108 valence electrons.